The van der Waals surface area contributed by atoms with Gasteiger partial charge in [-0.15, -0.1) is 5.10 Å². The number of fused-ring (bicyclic) bond motifs is 1. The molecule has 7 nitrogen and oxygen atoms in total. The van der Waals surface area contributed by atoms with Crippen LogP contribution in [0.4, 0.5) is 11.6 Å². The van der Waals surface area contributed by atoms with Crippen molar-refractivity contribution >= 4 is 34.8 Å². The Morgan fingerprint density at radius 2 is 1.73 bits per heavy atom. The average molecular weight is 461 g/mol. The van der Waals surface area contributed by atoms with Crippen molar-refractivity contribution in [3.8, 4) is 11.3 Å². The first-order chi connectivity index (χ1) is 16.0. The van der Waals surface area contributed by atoms with Gasteiger partial charge in [-0.3, -0.25) is 4.79 Å². The molecule has 3 heterocycles. The third kappa shape index (κ3) is 4.84. The minimum Gasteiger partial charge on any atom is -0.349 e. The van der Waals surface area contributed by atoms with Gasteiger partial charge in [0.2, 0.25) is 5.95 Å². The van der Waals surface area contributed by atoms with Crippen molar-refractivity contribution < 1.29 is 4.79 Å². The number of pyridine rings is 1. The number of hydrogen-bond acceptors (Lipinski definition) is 5. The number of benzene rings is 2. The summed E-state index contributed by atoms with van der Waals surface area (Å²) in [6.07, 6.45) is 1.97. The predicted octanol–water partition coefficient (Wildman–Crippen LogP) is 4.62. The molecular formula is C25H25ClN6O. The second-order valence-corrected chi connectivity index (χ2v) is 8.81. The van der Waals surface area contributed by atoms with E-state index in [9.17, 15) is 4.79 Å². The topological polar surface area (TPSA) is 74.6 Å². The smallest absolute Gasteiger partial charge is 0.251 e. The number of aromatic nitrogens is 3. The highest BCUT2D eigenvalue weighted by atomic mass is 35.5. The molecule has 0 spiro atoms. The van der Waals surface area contributed by atoms with Crippen molar-refractivity contribution in [1.82, 2.24) is 24.8 Å². The molecule has 5 rings (SSSR count). The number of amides is 1. The van der Waals surface area contributed by atoms with Crippen LogP contribution in [0.5, 0.6) is 0 Å². The maximum absolute atomic E-state index is 12.6. The molecule has 2 aromatic carbocycles. The van der Waals surface area contributed by atoms with Crippen LogP contribution in [0.25, 0.3) is 16.9 Å². The van der Waals surface area contributed by atoms with Crippen LogP contribution < -0.4 is 10.6 Å². The molecule has 33 heavy (non-hydrogen) atoms. The molecule has 4 aromatic rings. The van der Waals surface area contributed by atoms with Crippen LogP contribution in [0.15, 0.2) is 66.7 Å². The lowest BCUT2D eigenvalue weighted by atomic mass is 10.0. The van der Waals surface area contributed by atoms with E-state index in [1.165, 1.54) is 0 Å². The number of likely N-dealkylation sites (tertiary alicyclic amines) is 1. The number of nitrogens with one attached hydrogen (secondary N) is 2. The molecular weight excluding hydrogens is 436 g/mol. The summed E-state index contributed by atoms with van der Waals surface area (Å²) in [4.78, 5) is 19.5. The second kappa shape index (κ2) is 9.21. The number of hydrogen-bond donors (Lipinski definition) is 2. The quantitative estimate of drug-likeness (QED) is 0.454. The number of anilines is 2. The van der Waals surface area contributed by atoms with Gasteiger partial charge in [-0.1, -0.05) is 29.8 Å². The maximum Gasteiger partial charge on any atom is 0.251 e. The Morgan fingerprint density at radius 1 is 1.00 bits per heavy atom. The molecule has 2 aromatic heterocycles. The minimum absolute atomic E-state index is 0.0328. The molecule has 1 saturated heterocycles. The maximum atomic E-state index is 12.6. The van der Waals surface area contributed by atoms with E-state index >= 15 is 0 Å². The Labute approximate surface area is 197 Å². The number of carbonyl (C=O) groups is 1. The van der Waals surface area contributed by atoms with Gasteiger partial charge in [-0.25, -0.2) is 4.52 Å². The lowest BCUT2D eigenvalue weighted by Crippen LogP contribution is -2.43. The van der Waals surface area contributed by atoms with Crippen molar-refractivity contribution in [1.29, 1.82) is 0 Å². The van der Waals surface area contributed by atoms with E-state index in [1.807, 2.05) is 66.7 Å². The first-order valence-corrected chi connectivity index (χ1v) is 11.4. The van der Waals surface area contributed by atoms with Crippen molar-refractivity contribution in [2.45, 2.75) is 18.9 Å². The summed E-state index contributed by atoms with van der Waals surface area (Å²) in [6.45, 7) is 2.03. The Balaban J connectivity index is 1.29. The fraction of sp³-hybridized carbons (Fsp3) is 0.240. The molecule has 0 atom stereocenters. The number of piperidine rings is 1. The van der Waals surface area contributed by atoms with E-state index in [4.69, 9.17) is 11.6 Å². The molecule has 2 N–H and O–H groups in total. The van der Waals surface area contributed by atoms with Crippen molar-refractivity contribution in [2.75, 3.05) is 25.5 Å². The van der Waals surface area contributed by atoms with Gasteiger partial charge in [-0.2, -0.15) is 4.98 Å². The molecule has 1 aliphatic heterocycles. The van der Waals surface area contributed by atoms with Gasteiger partial charge in [-0.05, 0) is 81.5 Å². The second-order valence-electron chi connectivity index (χ2n) is 8.38. The Kier molecular flexibility index (Phi) is 5.98. The summed E-state index contributed by atoms with van der Waals surface area (Å²) in [5, 5.41) is 11.7. The van der Waals surface area contributed by atoms with Gasteiger partial charge < -0.3 is 15.5 Å². The monoisotopic (exact) mass is 460 g/mol. The predicted molar refractivity (Wildman–Crippen MR) is 131 cm³/mol. The van der Waals surface area contributed by atoms with Crippen LogP contribution in [0.3, 0.4) is 0 Å². The van der Waals surface area contributed by atoms with E-state index in [0.29, 0.717) is 16.5 Å². The van der Waals surface area contributed by atoms with Crippen molar-refractivity contribution in [3.05, 3.63) is 77.3 Å². The summed E-state index contributed by atoms with van der Waals surface area (Å²) in [5.41, 5.74) is 4.12. The fourth-order valence-electron chi connectivity index (χ4n) is 4.05. The first kappa shape index (κ1) is 21.4. The third-order valence-corrected chi connectivity index (χ3v) is 6.21. The zero-order valence-electron chi connectivity index (χ0n) is 18.3. The summed E-state index contributed by atoms with van der Waals surface area (Å²) in [6, 6.07) is 21.1. The van der Waals surface area contributed by atoms with Gasteiger partial charge in [0.1, 0.15) is 0 Å². The van der Waals surface area contributed by atoms with Crippen LogP contribution in [0.2, 0.25) is 5.02 Å². The summed E-state index contributed by atoms with van der Waals surface area (Å²) < 4.78 is 1.80. The molecule has 168 valence electrons. The first-order valence-electron chi connectivity index (χ1n) is 11.0. The summed E-state index contributed by atoms with van der Waals surface area (Å²) in [7, 11) is 2.11. The lowest BCUT2D eigenvalue weighted by molar-refractivity contribution is 0.0917. The number of halogens is 1. The molecule has 1 aliphatic rings. The Bertz CT molecular complexity index is 1260. The van der Waals surface area contributed by atoms with Gasteiger partial charge in [0, 0.05) is 27.9 Å². The Hall–Kier alpha value is -3.42. The van der Waals surface area contributed by atoms with Crippen LogP contribution in [-0.2, 0) is 0 Å². The standard InChI is InChI=1S/C25H25ClN6O/c1-31-15-13-21(14-16-31)27-24(33)18-7-11-20(12-8-18)28-25-29-23-4-2-3-22(32(23)30-25)17-5-9-19(26)10-6-17/h2-12,21H,13-16H2,1H3,(H,27,33)(H,28,30). The van der Waals surface area contributed by atoms with Crippen LogP contribution >= 0.6 is 11.6 Å². The van der Waals surface area contributed by atoms with Gasteiger partial charge in [0.25, 0.3) is 5.91 Å². The van der Waals surface area contributed by atoms with E-state index in [0.717, 1.165) is 48.5 Å². The minimum atomic E-state index is -0.0328. The molecule has 1 fully saturated rings. The Morgan fingerprint density at radius 3 is 2.45 bits per heavy atom. The molecule has 0 saturated carbocycles. The zero-order valence-corrected chi connectivity index (χ0v) is 19.1. The van der Waals surface area contributed by atoms with E-state index in [1.54, 1.807) is 4.52 Å². The van der Waals surface area contributed by atoms with Crippen LogP contribution in [0, 0.1) is 0 Å². The van der Waals surface area contributed by atoms with Gasteiger partial charge in [0.15, 0.2) is 5.65 Å². The average Bonchev–Trinajstić information content (AvgIpc) is 3.24. The normalized spacial score (nSPS) is 15.0. The number of nitrogens with zero attached hydrogens (tertiary/aromatic N) is 4. The van der Waals surface area contributed by atoms with Crippen LogP contribution in [0.1, 0.15) is 23.2 Å². The van der Waals surface area contributed by atoms with E-state index in [2.05, 4.69) is 32.7 Å². The highest BCUT2D eigenvalue weighted by Gasteiger charge is 2.19. The third-order valence-electron chi connectivity index (χ3n) is 5.96. The number of rotatable bonds is 5. The lowest BCUT2D eigenvalue weighted by Gasteiger charge is -2.29. The molecule has 0 bridgehead atoms. The van der Waals surface area contributed by atoms with Crippen molar-refractivity contribution in [3.63, 3.8) is 0 Å². The van der Waals surface area contributed by atoms with Gasteiger partial charge in [0.05, 0.1) is 5.69 Å². The molecule has 0 aliphatic carbocycles. The molecule has 1 amide bonds. The van der Waals surface area contributed by atoms with Crippen molar-refractivity contribution in [2.24, 2.45) is 0 Å². The summed E-state index contributed by atoms with van der Waals surface area (Å²) >= 11 is 6.02. The zero-order chi connectivity index (χ0) is 22.8. The SMILES string of the molecule is CN1CCC(NC(=O)c2ccc(Nc3nc4cccc(-c5ccc(Cl)cc5)n4n3)cc2)CC1. The van der Waals surface area contributed by atoms with Crippen LogP contribution in [-0.4, -0.2) is 51.6 Å². The largest absolute Gasteiger partial charge is 0.349 e. The summed E-state index contributed by atoms with van der Waals surface area (Å²) in [5.74, 6) is 0.453. The molecule has 0 radical (unpaired) electrons. The molecule has 8 heteroatoms. The highest BCUT2D eigenvalue weighted by Crippen LogP contribution is 2.23. The highest BCUT2D eigenvalue weighted by molar-refractivity contribution is 6.30. The van der Waals surface area contributed by atoms with E-state index in [-0.39, 0.29) is 11.9 Å². The molecule has 0 unspecified atom stereocenters. The number of carbonyl (C=O) groups excluding carboxylic acids is 1. The fourth-order valence-corrected chi connectivity index (χ4v) is 4.18. The van der Waals surface area contributed by atoms with Gasteiger partial charge >= 0.3 is 0 Å². The van der Waals surface area contributed by atoms with E-state index < -0.39 is 0 Å².